The minimum absolute atomic E-state index is 0.372. The summed E-state index contributed by atoms with van der Waals surface area (Å²) in [4.78, 5) is 6.04. The SMILES string of the molecule is COc1ccc(OC)c(NC(=S)N(CCC#N)Cc2cccnc2)c1. The molecule has 1 aromatic heterocycles. The lowest BCUT2D eigenvalue weighted by Gasteiger charge is -2.25. The number of rotatable bonds is 7. The zero-order chi connectivity index (χ0) is 18.1. The molecule has 25 heavy (non-hydrogen) atoms. The highest BCUT2D eigenvalue weighted by Crippen LogP contribution is 2.29. The van der Waals surface area contributed by atoms with E-state index >= 15 is 0 Å². The summed E-state index contributed by atoms with van der Waals surface area (Å²) in [5, 5.41) is 12.6. The maximum absolute atomic E-state index is 8.91. The average Bonchev–Trinajstić information content (AvgIpc) is 2.65. The lowest BCUT2D eigenvalue weighted by molar-refractivity contribution is 0.404. The smallest absolute Gasteiger partial charge is 0.173 e. The first kappa shape index (κ1) is 18.5. The highest BCUT2D eigenvalue weighted by molar-refractivity contribution is 7.80. The van der Waals surface area contributed by atoms with Gasteiger partial charge in [-0.05, 0) is 36.0 Å². The van der Waals surface area contributed by atoms with E-state index < -0.39 is 0 Å². The molecular formula is C18H20N4O2S. The van der Waals surface area contributed by atoms with Crippen molar-refractivity contribution >= 4 is 23.0 Å². The first-order chi connectivity index (χ1) is 12.2. The van der Waals surface area contributed by atoms with Crippen LogP contribution in [0.2, 0.25) is 0 Å². The van der Waals surface area contributed by atoms with Crippen LogP contribution in [0.15, 0.2) is 42.7 Å². The number of aromatic nitrogens is 1. The van der Waals surface area contributed by atoms with Gasteiger partial charge in [0.25, 0.3) is 0 Å². The number of nitrogens with one attached hydrogen (secondary N) is 1. The molecule has 7 heteroatoms. The predicted molar refractivity (Wildman–Crippen MR) is 101 cm³/mol. The molecule has 0 amide bonds. The molecule has 0 fully saturated rings. The summed E-state index contributed by atoms with van der Waals surface area (Å²) in [7, 11) is 3.20. The minimum atomic E-state index is 0.372. The molecule has 0 atom stereocenters. The van der Waals surface area contributed by atoms with Crippen LogP contribution in [-0.2, 0) is 6.54 Å². The third-order valence-corrected chi connectivity index (χ3v) is 3.89. The Kier molecular flexibility index (Phi) is 6.99. The van der Waals surface area contributed by atoms with Gasteiger partial charge in [0.2, 0.25) is 0 Å². The summed E-state index contributed by atoms with van der Waals surface area (Å²) in [6, 6.07) is 11.4. The number of hydrogen-bond donors (Lipinski definition) is 1. The Morgan fingerprint density at radius 2 is 2.16 bits per heavy atom. The third kappa shape index (κ3) is 5.33. The highest BCUT2D eigenvalue weighted by atomic mass is 32.1. The van der Waals surface area contributed by atoms with E-state index in [9.17, 15) is 0 Å². The second kappa shape index (κ2) is 9.45. The summed E-state index contributed by atoms with van der Waals surface area (Å²) in [5.41, 5.74) is 1.72. The Bertz CT molecular complexity index is 746. The molecule has 0 bridgehead atoms. The van der Waals surface area contributed by atoms with E-state index in [-0.39, 0.29) is 0 Å². The number of methoxy groups -OCH3 is 2. The van der Waals surface area contributed by atoms with Crippen LogP contribution in [-0.4, -0.2) is 35.8 Å². The van der Waals surface area contributed by atoms with Crippen molar-refractivity contribution < 1.29 is 9.47 Å². The van der Waals surface area contributed by atoms with Crippen LogP contribution in [0, 0.1) is 11.3 Å². The van der Waals surface area contributed by atoms with Crippen LogP contribution in [0.4, 0.5) is 5.69 Å². The summed E-state index contributed by atoms with van der Waals surface area (Å²) in [6.45, 7) is 1.08. The zero-order valence-corrected chi connectivity index (χ0v) is 15.0. The predicted octanol–water partition coefficient (Wildman–Crippen LogP) is 3.21. The largest absolute Gasteiger partial charge is 0.497 e. The van der Waals surface area contributed by atoms with Gasteiger partial charge in [0.1, 0.15) is 11.5 Å². The molecule has 1 N–H and O–H groups in total. The summed E-state index contributed by atoms with van der Waals surface area (Å²) < 4.78 is 10.6. The molecular weight excluding hydrogens is 336 g/mol. The normalized spacial score (nSPS) is 9.80. The van der Waals surface area contributed by atoms with Gasteiger partial charge < -0.3 is 19.7 Å². The maximum Gasteiger partial charge on any atom is 0.173 e. The number of ether oxygens (including phenoxy) is 2. The average molecular weight is 356 g/mol. The molecule has 0 unspecified atom stereocenters. The van der Waals surface area contributed by atoms with Gasteiger partial charge in [-0.2, -0.15) is 5.26 Å². The Morgan fingerprint density at radius 3 is 2.80 bits per heavy atom. The van der Waals surface area contributed by atoms with E-state index in [0.29, 0.717) is 41.8 Å². The minimum Gasteiger partial charge on any atom is -0.497 e. The zero-order valence-electron chi connectivity index (χ0n) is 14.2. The fourth-order valence-electron chi connectivity index (χ4n) is 2.26. The molecule has 0 saturated carbocycles. The summed E-state index contributed by atoms with van der Waals surface area (Å²) >= 11 is 5.55. The van der Waals surface area contributed by atoms with E-state index in [1.54, 1.807) is 26.6 Å². The first-order valence-electron chi connectivity index (χ1n) is 7.71. The van der Waals surface area contributed by atoms with Crippen LogP contribution in [0.1, 0.15) is 12.0 Å². The van der Waals surface area contributed by atoms with Crippen molar-refractivity contribution in [1.29, 1.82) is 5.26 Å². The topological polar surface area (TPSA) is 70.4 Å². The van der Waals surface area contributed by atoms with Crippen molar-refractivity contribution in [2.45, 2.75) is 13.0 Å². The second-order valence-electron chi connectivity index (χ2n) is 5.19. The van der Waals surface area contributed by atoms with Crippen molar-refractivity contribution in [2.24, 2.45) is 0 Å². The van der Waals surface area contributed by atoms with Crippen LogP contribution < -0.4 is 14.8 Å². The molecule has 0 aliphatic rings. The fraction of sp³-hybridized carbons (Fsp3) is 0.278. The Labute approximate surface area is 153 Å². The monoisotopic (exact) mass is 356 g/mol. The van der Waals surface area contributed by atoms with Gasteiger partial charge in [-0.25, -0.2) is 0 Å². The second-order valence-corrected chi connectivity index (χ2v) is 5.57. The van der Waals surface area contributed by atoms with Crippen molar-refractivity contribution in [2.75, 3.05) is 26.1 Å². The van der Waals surface area contributed by atoms with E-state index in [1.165, 1.54) is 0 Å². The van der Waals surface area contributed by atoms with Gasteiger partial charge in [-0.1, -0.05) is 6.07 Å². The van der Waals surface area contributed by atoms with Gasteiger partial charge in [0, 0.05) is 31.5 Å². The van der Waals surface area contributed by atoms with Crippen LogP contribution in [0.5, 0.6) is 11.5 Å². The standard InChI is InChI=1S/C18H20N4O2S/c1-23-15-6-7-17(24-2)16(11-15)21-18(25)22(10-4-8-19)13-14-5-3-9-20-12-14/h3,5-7,9,11-12H,4,10,13H2,1-2H3,(H,21,25). The molecule has 2 rings (SSSR count). The third-order valence-electron chi connectivity index (χ3n) is 3.53. The Balaban J connectivity index is 2.17. The Hall–Kier alpha value is -2.85. The van der Waals surface area contributed by atoms with E-state index in [2.05, 4.69) is 16.4 Å². The number of nitrogens with zero attached hydrogens (tertiary/aromatic N) is 3. The molecule has 1 aromatic carbocycles. The van der Waals surface area contributed by atoms with E-state index in [0.717, 1.165) is 5.56 Å². The van der Waals surface area contributed by atoms with Crippen LogP contribution in [0.3, 0.4) is 0 Å². The number of hydrogen-bond acceptors (Lipinski definition) is 5. The number of nitriles is 1. The summed E-state index contributed by atoms with van der Waals surface area (Å²) in [6.07, 6.45) is 3.88. The highest BCUT2D eigenvalue weighted by Gasteiger charge is 2.13. The van der Waals surface area contributed by atoms with Crippen molar-refractivity contribution in [3.63, 3.8) is 0 Å². The molecule has 0 aliphatic heterocycles. The molecule has 130 valence electrons. The molecule has 0 saturated heterocycles. The molecule has 2 aromatic rings. The van der Waals surface area contributed by atoms with Gasteiger partial charge in [0.05, 0.1) is 32.4 Å². The van der Waals surface area contributed by atoms with Crippen molar-refractivity contribution in [3.05, 3.63) is 48.3 Å². The quantitative estimate of drug-likeness (QED) is 0.764. The number of pyridine rings is 1. The van der Waals surface area contributed by atoms with E-state index in [1.807, 2.05) is 35.2 Å². The number of benzene rings is 1. The molecule has 0 spiro atoms. The van der Waals surface area contributed by atoms with Gasteiger partial charge in [0.15, 0.2) is 5.11 Å². The number of anilines is 1. The van der Waals surface area contributed by atoms with E-state index in [4.69, 9.17) is 27.0 Å². The molecule has 6 nitrogen and oxygen atoms in total. The molecule has 0 radical (unpaired) electrons. The van der Waals surface area contributed by atoms with Gasteiger partial charge in [-0.15, -0.1) is 0 Å². The lowest BCUT2D eigenvalue weighted by Crippen LogP contribution is -2.35. The number of thiocarbonyl (C=S) groups is 1. The van der Waals surface area contributed by atoms with Gasteiger partial charge in [-0.3, -0.25) is 4.98 Å². The van der Waals surface area contributed by atoms with Crippen LogP contribution in [0.25, 0.3) is 0 Å². The van der Waals surface area contributed by atoms with Crippen molar-refractivity contribution in [3.8, 4) is 17.6 Å². The summed E-state index contributed by atoms with van der Waals surface area (Å²) in [5.74, 6) is 1.35. The van der Waals surface area contributed by atoms with Crippen LogP contribution >= 0.6 is 12.2 Å². The lowest BCUT2D eigenvalue weighted by atomic mass is 10.2. The van der Waals surface area contributed by atoms with Crippen molar-refractivity contribution in [1.82, 2.24) is 9.88 Å². The molecule has 0 aliphatic carbocycles. The molecule has 1 heterocycles. The van der Waals surface area contributed by atoms with Gasteiger partial charge >= 0.3 is 0 Å². The Morgan fingerprint density at radius 1 is 1.32 bits per heavy atom. The first-order valence-corrected chi connectivity index (χ1v) is 8.12. The fourth-order valence-corrected chi connectivity index (χ4v) is 2.52. The maximum atomic E-state index is 8.91.